The average Bonchev–Trinajstić information content (AvgIpc) is 2.60. The fourth-order valence-corrected chi connectivity index (χ4v) is 2.61. The van der Waals surface area contributed by atoms with Crippen LogP contribution in [0.3, 0.4) is 0 Å². The molecule has 0 aliphatic heterocycles. The number of rotatable bonds is 4. The van der Waals surface area contributed by atoms with Crippen LogP contribution < -0.4 is 15.7 Å². The second-order valence-electron chi connectivity index (χ2n) is 5.33. The van der Waals surface area contributed by atoms with Crippen molar-refractivity contribution in [3.63, 3.8) is 0 Å². The van der Waals surface area contributed by atoms with Crippen molar-refractivity contribution in [2.24, 2.45) is 0 Å². The molecule has 1 heterocycles. The maximum atomic E-state index is 12.2. The normalized spacial score (nSPS) is 10.4. The molecule has 0 unspecified atom stereocenters. The Labute approximate surface area is 149 Å². The zero-order valence-electron chi connectivity index (χ0n) is 13.4. The van der Waals surface area contributed by atoms with Gasteiger partial charge >= 0.3 is 5.63 Å². The summed E-state index contributed by atoms with van der Waals surface area (Å²) in [6.45, 7) is 3.95. The molecule has 0 saturated carbocycles. The van der Waals surface area contributed by atoms with Crippen LogP contribution in [0.5, 0.6) is 11.5 Å². The van der Waals surface area contributed by atoms with E-state index in [1.807, 2.05) is 24.3 Å². The minimum absolute atomic E-state index is 0.0236. The second kappa shape index (κ2) is 6.78. The second-order valence-corrected chi connectivity index (χ2v) is 5.74. The third-order valence-corrected chi connectivity index (χ3v) is 3.97. The van der Waals surface area contributed by atoms with Gasteiger partial charge in [0.2, 0.25) is 0 Å². The van der Waals surface area contributed by atoms with Crippen molar-refractivity contribution in [1.29, 1.82) is 0 Å². The van der Waals surface area contributed by atoms with Gasteiger partial charge in [0.1, 0.15) is 22.1 Å². The standard InChI is InChI=1S/C19H15NO4S/c1-11(12-4-3-5-15(8-12)23-2)20-18(25)16-9-13-6-7-14(21)10-17(13)24-19(16)22/h3-10,21H,1H2,2H3,(H,20,25). The maximum Gasteiger partial charge on any atom is 0.346 e. The molecule has 126 valence electrons. The van der Waals surface area contributed by atoms with Crippen LogP contribution in [-0.2, 0) is 0 Å². The zero-order chi connectivity index (χ0) is 18.0. The quantitative estimate of drug-likeness (QED) is 0.553. The first-order chi connectivity index (χ1) is 12.0. The summed E-state index contributed by atoms with van der Waals surface area (Å²) in [6, 6.07) is 13.5. The van der Waals surface area contributed by atoms with Gasteiger partial charge in [-0.3, -0.25) is 0 Å². The zero-order valence-corrected chi connectivity index (χ0v) is 14.2. The number of hydrogen-bond donors (Lipinski definition) is 2. The Morgan fingerprint density at radius 1 is 1.24 bits per heavy atom. The van der Waals surface area contributed by atoms with Gasteiger partial charge in [-0.1, -0.05) is 30.9 Å². The molecule has 0 fully saturated rings. The van der Waals surface area contributed by atoms with Gasteiger partial charge in [0.25, 0.3) is 0 Å². The Balaban J connectivity index is 1.89. The van der Waals surface area contributed by atoms with Gasteiger partial charge < -0.3 is 19.6 Å². The highest BCUT2D eigenvalue weighted by Gasteiger charge is 2.12. The van der Waals surface area contributed by atoms with Gasteiger partial charge in [0, 0.05) is 22.7 Å². The largest absolute Gasteiger partial charge is 0.508 e. The van der Waals surface area contributed by atoms with Crippen molar-refractivity contribution in [2.45, 2.75) is 0 Å². The Kier molecular flexibility index (Phi) is 4.54. The molecule has 0 radical (unpaired) electrons. The molecule has 3 rings (SSSR count). The number of phenolic OH excluding ortho intramolecular Hbond substituents is 1. The van der Waals surface area contributed by atoms with E-state index in [4.69, 9.17) is 21.4 Å². The van der Waals surface area contributed by atoms with Crippen molar-refractivity contribution in [3.8, 4) is 11.5 Å². The molecular formula is C19H15NO4S. The summed E-state index contributed by atoms with van der Waals surface area (Å²) in [5.74, 6) is 0.715. The molecule has 0 bridgehead atoms. The lowest BCUT2D eigenvalue weighted by molar-refractivity contribution is 0.414. The summed E-state index contributed by atoms with van der Waals surface area (Å²) in [7, 11) is 1.58. The lowest BCUT2D eigenvalue weighted by Gasteiger charge is -2.11. The highest BCUT2D eigenvalue weighted by Crippen LogP contribution is 2.20. The molecule has 0 saturated heterocycles. The predicted molar refractivity (Wildman–Crippen MR) is 101 cm³/mol. The van der Waals surface area contributed by atoms with Crippen molar-refractivity contribution >= 4 is 33.9 Å². The Bertz CT molecular complexity index is 1040. The lowest BCUT2D eigenvalue weighted by atomic mass is 10.1. The van der Waals surface area contributed by atoms with E-state index < -0.39 is 5.63 Å². The number of methoxy groups -OCH3 is 1. The molecule has 25 heavy (non-hydrogen) atoms. The Morgan fingerprint density at radius 2 is 2.04 bits per heavy atom. The number of benzene rings is 2. The molecule has 0 amide bonds. The van der Waals surface area contributed by atoms with E-state index in [1.165, 1.54) is 12.1 Å². The summed E-state index contributed by atoms with van der Waals surface area (Å²) in [6.07, 6.45) is 0. The van der Waals surface area contributed by atoms with Crippen LogP contribution in [0.15, 0.2) is 64.3 Å². The molecule has 2 aromatic carbocycles. The van der Waals surface area contributed by atoms with Gasteiger partial charge in [0.05, 0.1) is 12.7 Å². The highest BCUT2D eigenvalue weighted by atomic mass is 32.1. The van der Waals surface area contributed by atoms with Crippen LogP contribution in [-0.4, -0.2) is 17.2 Å². The van der Waals surface area contributed by atoms with Gasteiger partial charge in [-0.25, -0.2) is 4.79 Å². The summed E-state index contributed by atoms with van der Waals surface area (Å²) in [5.41, 5.74) is 1.25. The van der Waals surface area contributed by atoms with E-state index in [2.05, 4.69) is 11.9 Å². The predicted octanol–water partition coefficient (Wildman–Crippen LogP) is 3.44. The minimum Gasteiger partial charge on any atom is -0.508 e. The van der Waals surface area contributed by atoms with Crippen LogP contribution in [0.2, 0.25) is 0 Å². The van der Waals surface area contributed by atoms with E-state index >= 15 is 0 Å². The lowest BCUT2D eigenvalue weighted by Crippen LogP contribution is -2.25. The van der Waals surface area contributed by atoms with Crippen LogP contribution in [0.1, 0.15) is 11.1 Å². The first-order valence-corrected chi connectivity index (χ1v) is 7.80. The smallest absolute Gasteiger partial charge is 0.346 e. The minimum atomic E-state index is -0.589. The third-order valence-electron chi connectivity index (χ3n) is 3.65. The number of aromatic hydroxyl groups is 1. The van der Waals surface area contributed by atoms with Crippen molar-refractivity contribution < 1.29 is 14.3 Å². The van der Waals surface area contributed by atoms with Crippen LogP contribution in [0, 0.1) is 0 Å². The highest BCUT2D eigenvalue weighted by molar-refractivity contribution is 7.80. The van der Waals surface area contributed by atoms with E-state index in [1.54, 1.807) is 19.2 Å². The monoisotopic (exact) mass is 353 g/mol. The summed E-state index contributed by atoms with van der Waals surface area (Å²) >= 11 is 5.32. The fraction of sp³-hybridized carbons (Fsp3) is 0.0526. The summed E-state index contributed by atoms with van der Waals surface area (Å²) < 4.78 is 10.4. The number of fused-ring (bicyclic) bond motifs is 1. The van der Waals surface area contributed by atoms with Crippen molar-refractivity contribution in [2.75, 3.05) is 7.11 Å². The van der Waals surface area contributed by atoms with E-state index in [0.717, 1.165) is 5.56 Å². The average molecular weight is 353 g/mol. The van der Waals surface area contributed by atoms with Gasteiger partial charge in [0.15, 0.2) is 0 Å². The molecule has 0 spiro atoms. The van der Waals surface area contributed by atoms with Crippen molar-refractivity contribution in [3.05, 3.63) is 76.7 Å². The molecule has 2 N–H and O–H groups in total. The first kappa shape index (κ1) is 16.7. The molecule has 1 aromatic heterocycles. The molecule has 0 aliphatic rings. The number of nitrogens with one attached hydrogen (secondary N) is 1. The van der Waals surface area contributed by atoms with Crippen LogP contribution in [0.4, 0.5) is 0 Å². The fourth-order valence-electron chi connectivity index (χ4n) is 2.35. The number of ether oxygens (including phenoxy) is 1. The molecule has 0 aliphatic carbocycles. The number of hydrogen-bond acceptors (Lipinski definition) is 5. The number of thiocarbonyl (C=S) groups is 1. The SMILES string of the molecule is C=C(NC(=S)c1cc2ccc(O)cc2oc1=O)c1cccc(OC)c1. The Morgan fingerprint density at radius 3 is 2.80 bits per heavy atom. The van der Waals surface area contributed by atoms with E-state index in [0.29, 0.717) is 22.4 Å². The topological polar surface area (TPSA) is 71.7 Å². The summed E-state index contributed by atoms with van der Waals surface area (Å²) in [4.78, 5) is 12.4. The molecule has 3 aromatic rings. The van der Waals surface area contributed by atoms with E-state index in [-0.39, 0.29) is 16.3 Å². The summed E-state index contributed by atoms with van der Waals surface area (Å²) in [5, 5.41) is 13.1. The molecule has 6 heteroatoms. The molecule has 0 atom stereocenters. The number of phenols is 1. The van der Waals surface area contributed by atoms with Gasteiger partial charge in [-0.05, 0) is 30.3 Å². The van der Waals surface area contributed by atoms with Gasteiger partial charge in [-0.2, -0.15) is 0 Å². The third kappa shape index (κ3) is 3.54. The first-order valence-electron chi connectivity index (χ1n) is 7.39. The maximum absolute atomic E-state index is 12.2. The van der Waals surface area contributed by atoms with Crippen LogP contribution >= 0.6 is 12.2 Å². The van der Waals surface area contributed by atoms with E-state index in [9.17, 15) is 9.90 Å². The van der Waals surface area contributed by atoms with Crippen molar-refractivity contribution in [1.82, 2.24) is 5.32 Å². The molecular weight excluding hydrogens is 338 g/mol. The van der Waals surface area contributed by atoms with Crippen LogP contribution in [0.25, 0.3) is 16.7 Å². The molecule has 5 nitrogen and oxygen atoms in total. The van der Waals surface area contributed by atoms with Gasteiger partial charge in [-0.15, -0.1) is 0 Å². The Hall–Kier alpha value is -3.12.